The fourth-order valence-electron chi connectivity index (χ4n) is 0.0319. The van der Waals surface area contributed by atoms with Crippen molar-refractivity contribution >= 4 is 20.2 Å². The summed E-state index contributed by atoms with van der Waals surface area (Å²) in [6.45, 7) is 0. The van der Waals surface area contributed by atoms with Gasteiger partial charge in [-0.15, -0.1) is 0 Å². The Kier molecular flexibility index (Phi) is 0.599. The van der Waals surface area contributed by atoms with Crippen LogP contribution in [0.2, 0.25) is 0 Å². The van der Waals surface area contributed by atoms with Crippen LogP contribution in [-0.2, 0) is 0 Å². The van der Waals surface area contributed by atoms with Crippen molar-refractivity contribution in [1.82, 2.24) is 0 Å². The first kappa shape index (κ1) is 2.90. The number of alkyl halides is 2. The van der Waals surface area contributed by atoms with Gasteiger partial charge in [0.25, 0.3) is 0 Å². The minimum atomic E-state index is -1.01. The summed E-state index contributed by atoms with van der Waals surface area (Å²) >= 11 is -1.01. The average Bonchev–Trinajstić information content (AvgIpc) is 1.75. The second-order valence-electron chi connectivity index (χ2n) is 0.806. The predicted molar refractivity (Wildman–Crippen MR) is 26.0 cm³/mol. The van der Waals surface area contributed by atoms with Gasteiger partial charge in [0.15, 0.2) is 0 Å². The Bertz CT molecular complexity index is 25.2. The molecule has 0 amide bonds. The van der Waals surface area contributed by atoms with Gasteiger partial charge in [-0.25, -0.2) is 0 Å². The van der Waals surface area contributed by atoms with Crippen LogP contribution < -0.4 is 0 Å². The predicted octanol–water partition coefficient (Wildman–Crippen LogP) is 0.414. The van der Waals surface area contributed by atoms with Gasteiger partial charge in [-0.3, -0.25) is 0 Å². The Morgan fingerprint density at radius 1 is 1.50 bits per heavy atom. The molecule has 26 valence electrons. The van der Waals surface area contributed by atoms with Crippen molar-refractivity contribution in [3.05, 3.63) is 0 Å². The third-order valence-corrected chi connectivity index (χ3v) is 2.40. The van der Waals surface area contributed by atoms with Gasteiger partial charge in [-0.2, -0.15) is 0 Å². The van der Waals surface area contributed by atoms with Crippen LogP contribution in [0, 0.1) is 0 Å². The fourth-order valence-corrected chi connectivity index (χ4v) is 1.44. The number of halogens is 1. The van der Waals surface area contributed by atoms with Crippen LogP contribution in [-0.4, -0.2) is 12.3 Å². The van der Waals surface area contributed by atoms with Crippen LogP contribution in [0.4, 0.5) is 0 Å². The summed E-state index contributed by atoms with van der Waals surface area (Å²) < 4.78 is 10.7. The van der Waals surface area contributed by atoms with E-state index >= 15 is 0 Å². The normalized spacial score (nSPS) is 30.8. The van der Waals surface area contributed by atoms with E-state index in [0.717, 1.165) is 0 Å². The van der Waals surface area contributed by atoms with Crippen LogP contribution in [0.1, 0.15) is 0 Å². The monoisotopic (exact) mass is 172 g/mol. The van der Waals surface area contributed by atoms with E-state index in [0.29, 0.717) is 0 Å². The molecule has 1 N–H and O–H groups in total. The number of hydrogen-bond acceptors (Lipinski definition) is 1. The summed E-state index contributed by atoms with van der Waals surface area (Å²) in [6, 6.07) is 0. The molecule has 1 aliphatic heterocycles. The molecule has 0 radical (unpaired) electrons. The summed E-state index contributed by atoms with van der Waals surface area (Å²) in [5, 5.41) is 0. The van der Waals surface area contributed by atoms with Crippen molar-refractivity contribution < 1.29 is 3.44 Å². The maximum atomic E-state index is 8.32. The first-order chi connectivity index (χ1) is 1.89. The second-order valence-corrected chi connectivity index (χ2v) is 5.41. The van der Waals surface area contributed by atoms with E-state index in [1.807, 2.05) is 0 Å². The van der Waals surface area contributed by atoms with Crippen molar-refractivity contribution in [2.45, 2.75) is 0 Å². The first-order valence-corrected chi connectivity index (χ1v) is 5.22. The van der Waals surface area contributed by atoms with Crippen molar-refractivity contribution in [3.8, 4) is 0 Å². The third-order valence-electron chi connectivity index (χ3n) is 0.358. The molecule has 1 heterocycles. The molecule has 0 spiro atoms. The molecule has 1 rings (SSSR count). The Hall–Kier alpha value is 0.690. The third kappa shape index (κ3) is 0.564. The molecule has 0 atom stereocenters. The van der Waals surface area contributed by atoms with Gasteiger partial charge in [0.2, 0.25) is 0 Å². The van der Waals surface area contributed by atoms with Crippen molar-refractivity contribution in [1.29, 1.82) is 0 Å². The van der Waals surface area contributed by atoms with Crippen molar-refractivity contribution in [2.24, 2.45) is 0 Å². The molecule has 1 aliphatic rings. The molecule has 0 saturated carbocycles. The summed E-state index contributed by atoms with van der Waals surface area (Å²) in [5.74, 6) is 0. The fraction of sp³-hybridized carbons (Fsp3) is 1.00. The quantitative estimate of drug-likeness (QED) is 0.414. The Morgan fingerprint density at radius 2 is 1.75 bits per heavy atom. The van der Waals surface area contributed by atoms with Gasteiger partial charge in [-0.05, 0) is 0 Å². The molecular weight excluding hydrogens is 167 g/mol. The average molecular weight is 172 g/mol. The molecular formula is C2H5IO. The zero-order chi connectivity index (χ0) is 2.99. The van der Waals surface area contributed by atoms with E-state index in [2.05, 4.69) is 0 Å². The van der Waals surface area contributed by atoms with Gasteiger partial charge in [0.05, 0.1) is 0 Å². The SMILES string of the molecule is OI1CC1. The van der Waals surface area contributed by atoms with Gasteiger partial charge in [-0.1, -0.05) is 0 Å². The molecule has 1 fully saturated rings. The molecule has 1 nitrogen and oxygen atoms in total. The Morgan fingerprint density at radius 3 is 1.75 bits per heavy atom. The summed E-state index contributed by atoms with van der Waals surface area (Å²) in [5.41, 5.74) is 0. The van der Waals surface area contributed by atoms with Gasteiger partial charge >= 0.3 is 32.5 Å². The molecule has 0 aromatic rings. The zero-order valence-electron chi connectivity index (χ0n) is 2.24. The van der Waals surface area contributed by atoms with Crippen LogP contribution in [0.3, 0.4) is 0 Å². The van der Waals surface area contributed by atoms with Crippen molar-refractivity contribution in [3.63, 3.8) is 0 Å². The van der Waals surface area contributed by atoms with Crippen LogP contribution in [0.5, 0.6) is 0 Å². The van der Waals surface area contributed by atoms with E-state index in [-0.39, 0.29) is 0 Å². The summed E-state index contributed by atoms with van der Waals surface area (Å²) in [4.78, 5) is 0. The molecule has 2 heteroatoms. The van der Waals surface area contributed by atoms with E-state index < -0.39 is 20.2 Å². The van der Waals surface area contributed by atoms with E-state index in [9.17, 15) is 0 Å². The molecule has 4 heavy (non-hydrogen) atoms. The molecule has 0 unspecified atom stereocenters. The number of rotatable bonds is 0. The topological polar surface area (TPSA) is 20.2 Å². The maximum absolute atomic E-state index is 8.32. The Labute approximate surface area is 33.0 Å². The molecule has 0 bridgehead atoms. The second kappa shape index (κ2) is 0.825. The summed E-state index contributed by atoms with van der Waals surface area (Å²) in [6.07, 6.45) is 0. The molecule has 1 saturated heterocycles. The van der Waals surface area contributed by atoms with E-state index in [1.165, 1.54) is 8.86 Å². The minimum absolute atomic E-state index is 1.01. The first-order valence-electron chi connectivity index (χ1n) is 1.20. The van der Waals surface area contributed by atoms with E-state index in [1.54, 1.807) is 0 Å². The number of hydrogen-bond donors (Lipinski definition) is 1. The van der Waals surface area contributed by atoms with Crippen LogP contribution in [0.15, 0.2) is 0 Å². The van der Waals surface area contributed by atoms with Crippen molar-refractivity contribution in [2.75, 3.05) is 8.86 Å². The van der Waals surface area contributed by atoms with Gasteiger partial charge in [0.1, 0.15) is 0 Å². The molecule has 0 aliphatic carbocycles. The Balaban J connectivity index is 2.17. The van der Waals surface area contributed by atoms with Gasteiger partial charge < -0.3 is 0 Å². The summed E-state index contributed by atoms with van der Waals surface area (Å²) in [7, 11) is 0. The molecule has 0 aromatic heterocycles. The van der Waals surface area contributed by atoms with E-state index in [4.69, 9.17) is 3.44 Å². The van der Waals surface area contributed by atoms with Gasteiger partial charge in [0, 0.05) is 0 Å². The van der Waals surface area contributed by atoms with Crippen LogP contribution in [0.25, 0.3) is 0 Å². The molecule has 0 aromatic carbocycles. The zero-order valence-corrected chi connectivity index (χ0v) is 4.40. The van der Waals surface area contributed by atoms with Crippen LogP contribution >= 0.6 is 20.2 Å². The standard InChI is InChI=1S/C2H5IO/c4-3-1-2-3/h4H,1-2H2.